The molecule has 21 heavy (non-hydrogen) atoms. The summed E-state index contributed by atoms with van der Waals surface area (Å²) in [5.41, 5.74) is 1.25. The van der Waals surface area contributed by atoms with Crippen molar-refractivity contribution < 1.29 is 13.2 Å². The van der Waals surface area contributed by atoms with Crippen LogP contribution in [-0.2, 0) is 6.42 Å². The first-order chi connectivity index (χ1) is 10.0. The van der Waals surface area contributed by atoms with Gasteiger partial charge in [0.1, 0.15) is 17.5 Å². The van der Waals surface area contributed by atoms with Gasteiger partial charge in [-0.2, -0.15) is 0 Å². The Hall–Kier alpha value is -1.81. The minimum Gasteiger partial charge on any atom is -0.310 e. The second-order valence-corrected chi connectivity index (χ2v) is 5.02. The Morgan fingerprint density at radius 1 is 1.00 bits per heavy atom. The van der Waals surface area contributed by atoms with E-state index in [1.54, 1.807) is 19.1 Å². The van der Waals surface area contributed by atoms with E-state index in [-0.39, 0.29) is 23.8 Å². The van der Waals surface area contributed by atoms with Crippen LogP contribution in [-0.4, -0.2) is 6.54 Å². The van der Waals surface area contributed by atoms with Crippen LogP contribution in [0.25, 0.3) is 0 Å². The van der Waals surface area contributed by atoms with Gasteiger partial charge in [0.25, 0.3) is 0 Å². The van der Waals surface area contributed by atoms with Gasteiger partial charge in [-0.15, -0.1) is 0 Å². The third-order valence-corrected chi connectivity index (χ3v) is 3.52. The molecule has 2 aromatic rings. The monoisotopic (exact) mass is 293 g/mol. The molecule has 0 aliphatic carbocycles. The molecule has 0 bridgehead atoms. The average Bonchev–Trinajstić information content (AvgIpc) is 2.45. The summed E-state index contributed by atoms with van der Waals surface area (Å²) in [5, 5.41) is 3.15. The van der Waals surface area contributed by atoms with Crippen molar-refractivity contribution >= 4 is 0 Å². The van der Waals surface area contributed by atoms with E-state index < -0.39 is 11.6 Å². The molecule has 112 valence electrons. The number of benzene rings is 2. The summed E-state index contributed by atoms with van der Waals surface area (Å²) in [6.07, 6.45) is 0.134. The second-order valence-electron chi connectivity index (χ2n) is 5.02. The molecule has 1 N–H and O–H groups in total. The molecular weight excluding hydrogens is 275 g/mol. The van der Waals surface area contributed by atoms with Crippen molar-refractivity contribution in [3.8, 4) is 0 Å². The van der Waals surface area contributed by atoms with Gasteiger partial charge in [0.15, 0.2) is 0 Å². The number of rotatable bonds is 5. The summed E-state index contributed by atoms with van der Waals surface area (Å²) in [4.78, 5) is 0. The van der Waals surface area contributed by atoms with Gasteiger partial charge >= 0.3 is 0 Å². The van der Waals surface area contributed by atoms with Crippen LogP contribution in [0.5, 0.6) is 0 Å². The summed E-state index contributed by atoms with van der Waals surface area (Å²) in [6.45, 7) is 4.20. The Balaban J connectivity index is 2.33. The van der Waals surface area contributed by atoms with Crippen LogP contribution in [0.3, 0.4) is 0 Å². The summed E-state index contributed by atoms with van der Waals surface area (Å²) in [5.74, 6) is -1.47. The minimum absolute atomic E-state index is 0.0180. The van der Waals surface area contributed by atoms with Crippen molar-refractivity contribution in [3.05, 3.63) is 70.5 Å². The highest BCUT2D eigenvalue weighted by Gasteiger charge is 2.17. The molecule has 0 aliphatic heterocycles. The number of aryl methyl sites for hydroxylation is 1. The first-order valence-corrected chi connectivity index (χ1v) is 6.95. The van der Waals surface area contributed by atoms with Crippen molar-refractivity contribution in [2.45, 2.75) is 26.3 Å². The lowest BCUT2D eigenvalue weighted by atomic mass is 9.97. The van der Waals surface area contributed by atoms with Crippen LogP contribution in [0.1, 0.15) is 29.7 Å². The minimum atomic E-state index is -0.578. The second kappa shape index (κ2) is 6.76. The topological polar surface area (TPSA) is 12.0 Å². The molecule has 1 nitrogen and oxygen atoms in total. The van der Waals surface area contributed by atoms with E-state index in [0.29, 0.717) is 17.7 Å². The molecule has 2 rings (SSSR count). The number of nitrogens with one attached hydrogen (secondary N) is 1. The van der Waals surface area contributed by atoms with Gasteiger partial charge in [-0.1, -0.05) is 25.1 Å². The fourth-order valence-electron chi connectivity index (χ4n) is 2.31. The summed E-state index contributed by atoms with van der Waals surface area (Å²) < 4.78 is 41.2. The smallest absolute Gasteiger partial charge is 0.129 e. The summed E-state index contributed by atoms with van der Waals surface area (Å²) in [7, 11) is 0. The van der Waals surface area contributed by atoms with Crippen molar-refractivity contribution in [1.29, 1.82) is 0 Å². The zero-order valence-corrected chi connectivity index (χ0v) is 12.1. The van der Waals surface area contributed by atoms with Gasteiger partial charge in [-0.3, -0.25) is 0 Å². The zero-order chi connectivity index (χ0) is 15.4. The van der Waals surface area contributed by atoms with E-state index >= 15 is 0 Å². The van der Waals surface area contributed by atoms with Gasteiger partial charge in [0.05, 0.1) is 0 Å². The highest BCUT2D eigenvalue weighted by Crippen LogP contribution is 2.23. The molecular formula is C17H18F3N. The van der Waals surface area contributed by atoms with E-state index in [1.165, 1.54) is 24.3 Å². The predicted molar refractivity (Wildman–Crippen MR) is 77.6 cm³/mol. The molecule has 4 heteroatoms. The van der Waals surface area contributed by atoms with Gasteiger partial charge in [-0.05, 0) is 49.2 Å². The molecule has 0 aliphatic rings. The maximum Gasteiger partial charge on any atom is 0.129 e. The van der Waals surface area contributed by atoms with Crippen LogP contribution < -0.4 is 5.32 Å². The molecule has 0 saturated heterocycles. The first kappa shape index (κ1) is 15.6. The lowest BCUT2D eigenvalue weighted by Crippen LogP contribution is -2.24. The Bertz CT molecular complexity index is 605. The van der Waals surface area contributed by atoms with Crippen LogP contribution >= 0.6 is 0 Å². The van der Waals surface area contributed by atoms with Crippen molar-refractivity contribution in [3.63, 3.8) is 0 Å². The lowest BCUT2D eigenvalue weighted by Gasteiger charge is -2.19. The molecule has 0 heterocycles. The fraction of sp³-hybridized carbons (Fsp3) is 0.294. The molecule has 1 atom stereocenters. The third kappa shape index (κ3) is 3.64. The molecule has 0 saturated carbocycles. The van der Waals surface area contributed by atoms with E-state index in [0.717, 1.165) is 0 Å². The Morgan fingerprint density at radius 3 is 2.24 bits per heavy atom. The van der Waals surface area contributed by atoms with Crippen molar-refractivity contribution in [2.75, 3.05) is 6.54 Å². The van der Waals surface area contributed by atoms with Crippen LogP contribution in [0.4, 0.5) is 13.2 Å². The largest absolute Gasteiger partial charge is 0.310 e. The molecule has 2 aromatic carbocycles. The number of hydrogen-bond acceptors (Lipinski definition) is 1. The SMILES string of the molecule is CCNC(Cc1c(F)cccc1F)c1ccc(C)c(F)c1. The Labute approximate surface area is 122 Å². The van der Waals surface area contributed by atoms with Crippen molar-refractivity contribution in [1.82, 2.24) is 5.32 Å². The Morgan fingerprint density at radius 2 is 1.67 bits per heavy atom. The lowest BCUT2D eigenvalue weighted by molar-refractivity contribution is 0.497. The average molecular weight is 293 g/mol. The van der Waals surface area contributed by atoms with Crippen LogP contribution in [0.2, 0.25) is 0 Å². The summed E-state index contributed by atoms with van der Waals surface area (Å²) in [6, 6.07) is 8.34. The van der Waals surface area contributed by atoms with E-state index in [1.807, 2.05) is 6.92 Å². The van der Waals surface area contributed by atoms with E-state index in [9.17, 15) is 13.2 Å². The Kier molecular flexibility index (Phi) is 5.02. The van der Waals surface area contributed by atoms with Gasteiger partial charge < -0.3 is 5.32 Å². The predicted octanol–water partition coefficient (Wildman–Crippen LogP) is 4.31. The maximum atomic E-state index is 13.8. The van der Waals surface area contributed by atoms with Gasteiger partial charge in [0, 0.05) is 11.6 Å². The molecule has 0 amide bonds. The van der Waals surface area contributed by atoms with Crippen LogP contribution in [0.15, 0.2) is 36.4 Å². The van der Waals surface area contributed by atoms with Crippen LogP contribution in [0, 0.1) is 24.4 Å². The van der Waals surface area contributed by atoms with Gasteiger partial charge in [0.2, 0.25) is 0 Å². The third-order valence-electron chi connectivity index (χ3n) is 3.52. The van der Waals surface area contributed by atoms with Gasteiger partial charge in [-0.25, -0.2) is 13.2 Å². The maximum absolute atomic E-state index is 13.8. The standard InChI is InChI=1S/C17H18F3N/c1-3-21-17(12-8-7-11(2)16(20)9-12)10-13-14(18)5-4-6-15(13)19/h4-9,17,21H,3,10H2,1-2H3. The highest BCUT2D eigenvalue weighted by atomic mass is 19.1. The molecule has 0 fully saturated rings. The number of likely N-dealkylation sites (N-methyl/N-ethyl adjacent to an activating group) is 1. The summed E-state index contributed by atoms with van der Waals surface area (Å²) >= 11 is 0. The highest BCUT2D eigenvalue weighted by molar-refractivity contribution is 5.29. The zero-order valence-electron chi connectivity index (χ0n) is 12.1. The van der Waals surface area contributed by atoms with E-state index in [2.05, 4.69) is 5.32 Å². The molecule has 0 radical (unpaired) electrons. The van der Waals surface area contributed by atoms with E-state index in [4.69, 9.17) is 0 Å². The normalized spacial score (nSPS) is 12.4. The fourth-order valence-corrected chi connectivity index (χ4v) is 2.31. The van der Waals surface area contributed by atoms with Crippen molar-refractivity contribution in [2.24, 2.45) is 0 Å². The molecule has 0 aromatic heterocycles. The molecule has 0 spiro atoms. The first-order valence-electron chi connectivity index (χ1n) is 6.95. The number of hydrogen-bond donors (Lipinski definition) is 1. The number of halogens is 3. The quantitative estimate of drug-likeness (QED) is 0.866. The molecule has 1 unspecified atom stereocenters.